The molecule has 0 atom stereocenters. The predicted molar refractivity (Wildman–Crippen MR) is 78.2 cm³/mol. The molecule has 5 nitrogen and oxygen atoms in total. The van der Waals surface area contributed by atoms with Crippen LogP contribution in [-0.4, -0.2) is 42.1 Å². The van der Waals surface area contributed by atoms with Crippen molar-refractivity contribution >= 4 is 23.6 Å². The lowest BCUT2D eigenvalue weighted by molar-refractivity contribution is -0.137. The molecule has 0 aliphatic heterocycles. The number of nitrogens with one attached hydrogen (secondary N) is 1. The average molecular weight is 299 g/mol. The third kappa shape index (κ3) is 5.48. The number of nitrogens with zero attached hydrogens (tertiary/aromatic N) is 1. The van der Waals surface area contributed by atoms with E-state index >= 15 is 0 Å². The molecular formula is C14H19ClN2O3. The normalized spacial score (nSPS) is 10.2. The molecule has 0 bridgehead atoms. The van der Waals surface area contributed by atoms with Gasteiger partial charge in [0.2, 0.25) is 0 Å². The number of halogens is 1. The van der Waals surface area contributed by atoms with Crippen LogP contribution in [0.1, 0.15) is 17.5 Å². The van der Waals surface area contributed by atoms with Crippen molar-refractivity contribution in [3.63, 3.8) is 0 Å². The van der Waals surface area contributed by atoms with Crippen molar-refractivity contribution in [2.75, 3.05) is 20.1 Å². The van der Waals surface area contributed by atoms with Crippen LogP contribution in [0.4, 0.5) is 4.79 Å². The van der Waals surface area contributed by atoms with Crippen LogP contribution in [0.3, 0.4) is 0 Å². The van der Waals surface area contributed by atoms with Gasteiger partial charge in [0.05, 0.1) is 6.42 Å². The second-order valence-corrected chi connectivity index (χ2v) is 5.04. The van der Waals surface area contributed by atoms with Crippen LogP contribution in [0.2, 0.25) is 5.02 Å². The van der Waals surface area contributed by atoms with Crippen LogP contribution in [0.15, 0.2) is 18.2 Å². The second-order valence-electron chi connectivity index (χ2n) is 4.63. The molecule has 2 N–H and O–H groups in total. The van der Waals surface area contributed by atoms with E-state index in [0.717, 1.165) is 16.1 Å². The van der Waals surface area contributed by atoms with E-state index in [9.17, 15) is 9.59 Å². The van der Waals surface area contributed by atoms with E-state index in [4.69, 9.17) is 16.7 Å². The molecule has 1 rings (SSSR count). The zero-order valence-corrected chi connectivity index (χ0v) is 12.4. The number of rotatable bonds is 6. The van der Waals surface area contributed by atoms with Crippen LogP contribution in [-0.2, 0) is 11.2 Å². The van der Waals surface area contributed by atoms with Crippen LogP contribution in [0.25, 0.3) is 0 Å². The van der Waals surface area contributed by atoms with Crippen molar-refractivity contribution < 1.29 is 14.7 Å². The summed E-state index contributed by atoms with van der Waals surface area (Å²) in [6, 6.07) is 5.49. The number of hydrogen-bond acceptors (Lipinski definition) is 2. The first-order valence-electron chi connectivity index (χ1n) is 6.36. The summed E-state index contributed by atoms with van der Waals surface area (Å²) in [5.41, 5.74) is 2.11. The lowest BCUT2D eigenvalue weighted by atomic mass is 10.1. The van der Waals surface area contributed by atoms with E-state index in [1.165, 1.54) is 4.90 Å². The van der Waals surface area contributed by atoms with Crippen molar-refractivity contribution in [1.29, 1.82) is 0 Å². The lowest BCUT2D eigenvalue weighted by Crippen LogP contribution is -2.39. The zero-order valence-electron chi connectivity index (χ0n) is 11.6. The van der Waals surface area contributed by atoms with Crippen molar-refractivity contribution in [3.8, 4) is 0 Å². The molecular weight excluding hydrogens is 280 g/mol. The van der Waals surface area contributed by atoms with Gasteiger partial charge in [-0.05, 0) is 30.5 Å². The number of amides is 2. The Morgan fingerprint density at radius 3 is 2.70 bits per heavy atom. The highest BCUT2D eigenvalue weighted by atomic mass is 35.5. The largest absolute Gasteiger partial charge is 0.481 e. The second kappa shape index (κ2) is 7.75. The highest BCUT2D eigenvalue weighted by Crippen LogP contribution is 2.16. The average Bonchev–Trinajstić information content (AvgIpc) is 2.39. The van der Waals surface area contributed by atoms with E-state index in [0.29, 0.717) is 13.0 Å². The van der Waals surface area contributed by atoms with Crippen molar-refractivity contribution in [1.82, 2.24) is 10.2 Å². The van der Waals surface area contributed by atoms with E-state index in [1.54, 1.807) is 7.05 Å². The fourth-order valence-corrected chi connectivity index (χ4v) is 1.79. The van der Waals surface area contributed by atoms with Gasteiger partial charge in [0, 0.05) is 25.2 Å². The summed E-state index contributed by atoms with van der Waals surface area (Å²) in [5.74, 6) is -0.915. The van der Waals surface area contributed by atoms with Crippen LogP contribution in [0.5, 0.6) is 0 Å². The van der Waals surface area contributed by atoms with E-state index in [1.807, 2.05) is 25.1 Å². The SMILES string of the molecule is Cc1cc(CCNC(=O)N(C)CCC(=O)O)ccc1Cl. The minimum absolute atomic E-state index is 0.0553. The van der Waals surface area contributed by atoms with Gasteiger partial charge in [-0.2, -0.15) is 0 Å². The molecule has 0 heterocycles. The van der Waals surface area contributed by atoms with E-state index in [2.05, 4.69) is 5.32 Å². The molecule has 0 radical (unpaired) electrons. The monoisotopic (exact) mass is 298 g/mol. The Bertz CT molecular complexity index is 491. The zero-order chi connectivity index (χ0) is 15.1. The Kier molecular flexibility index (Phi) is 6.31. The van der Waals surface area contributed by atoms with E-state index in [-0.39, 0.29) is 19.0 Å². The number of aliphatic carboxylic acids is 1. The summed E-state index contributed by atoms with van der Waals surface area (Å²) in [7, 11) is 1.57. The number of carboxylic acids is 1. The third-order valence-electron chi connectivity index (χ3n) is 2.92. The van der Waals surface area contributed by atoms with Crippen molar-refractivity contribution in [2.24, 2.45) is 0 Å². The minimum Gasteiger partial charge on any atom is -0.481 e. The third-order valence-corrected chi connectivity index (χ3v) is 3.34. The Labute approximate surface area is 123 Å². The van der Waals surface area contributed by atoms with Gasteiger partial charge in [0.25, 0.3) is 0 Å². The van der Waals surface area contributed by atoms with Gasteiger partial charge in [-0.15, -0.1) is 0 Å². The molecule has 0 spiro atoms. The highest BCUT2D eigenvalue weighted by molar-refractivity contribution is 6.31. The first-order chi connectivity index (χ1) is 9.40. The quantitative estimate of drug-likeness (QED) is 0.846. The Hall–Kier alpha value is -1.75. The van der Waals surface area contributed by atoms with Gasteiger partial charge in [-0.3, -0.25) is 4.79 Å². The smallest absolute Gasteiger partial charge is 0.317 e. The summed E-state index contributed by atoms with van der Waals surface area (Å²) >= 11 is 5.94. The van der Waals surface area contributed by atoms with Crippen LogP contribution >= 0.6 is 11.6 Å². The number of urea groups is 1. The predicted octanol–water partition coefficient (Wildman–Crippen LogP) is 2.31. The molecule has 20 heavy (non-hydrogen) atoms. The summed E-state index contributed by atoms with van der Waals surface area (Å²) < 4.78 is 0. The molecule has 0 saturated heterocycles. The standard InChI is InChI=1S/C14H19ClN2O3/c1-10-9-11(3-4-12(10)15)5-7-16-14(20)17(2)8-6-13(18)19/h3-4,9H,5-8H2,1-2H3,(H,16,20)(H,18,19). The molecule has 0 aromatic heterocycles. The van der Waals surface area contributed by atoms with Gasteiger partial charge in [-0.25, -0.2) is 4.79 Å². The molecule has 110 valence electrons. The van der Waals surface area contributed by atoms with Crippen LogP contribution in [0, 0.1) is 6.92 Å². The Morgan fingerprint density at radius 2 is 2.10 bits per heavy atom. The van der Waals surface area contributed by atoms with Crippen LogP contribution < -0.4 is 5.32 Å². The number of carboxylic acid groups (broad SMARTS) is 1. The maximum Gasteiger partial charge on any atom is 0.317 e. The highest BCUT2D eigenvalue weighted by Gasteiger charge is 2.09. The van der Waals surface area contributed by atoms with Crippen molar-refractivity contribution in [2.45, 2.75) is 19.8 Å². The van der Waals surface area contributed by atoms with Gasteiger partial charge in [0.1, 0.15) is 0 Å². The fourth-order valence-electron chi connectivity index (χ4n) is 1.68. The molecule has 6 heteroatoms. The lowest BCUT2D eigenvalue weighted by Gasteiger charge is -2.16. The molecule has 1 aromatic carbocycles. The maximum atomic E-state index is 11.7. The minimum atomic E-state index is -0.915. The molecule has 0 saturated carbocycles. The van der Waals surface area contributed by atoms with Gasteiger partial charge in [0.15, 0.2) is 0 Å². The number of hydrogen-bond donors (Lipinski definition) is 2. The summed E-state index contributed by atoms with van der Waals surface area (Å²) in [6.45, 7) is 2.63. The number of carbonyl (C=O) groups excluding carboxylic acids is 1. The number of aryl methyl sites for hydroxylation is 1. The number of carbonyl (C=O) groups is 2. The Morgan fingerprint density at radius 1 is 1.40 bits per heavy atom. The molecule has 0 unspecified atom stereocenters. The van der Waals surface area contributed by atoms with E-state index < -0.39 is 5.97 Å². The van der Waals surface area contributed by atoms with Gasteiger partial charge in [-0.1, -0.05) is 23.7 Å². The first-order valence-corrected chi connectivity index (χ1v) is 6.73. The summed E-state index contributed by atoms with van der Waals surface area (Å²) in [6.07, 6.45) is 0.650. The molecule has 1 aromatic rings. The topological polar surface area (TPSA) is 69.6 Å². The molecule has 0 aliphatic carbocycles. The maximum absolute atomic E-state index is 11.7. The fraction of sp³-hybridized carbons (Fsp3) is 0.429. The van der Waals surface area contributed by atoms with Gasteiger partial charge >= 0.3 is 12.0 Å². The first kappa shape index (κ1) is 16.3. The molecule has 2 amide bonds. The number of benzene rings is 1. The van der Waals surface area contributed by atoms with Gasteiger partial charge < -0.3 is 15.3 Å². The molecule has 0 aliphatic rings. The molecule has 0 fully saturated rings. The summed E-state index contributed by atoms with van der Waals surface area (Å²) in [5, 5.41) is 12.0. The summed E-state index contributed by atoms with van der Waals surface area (Å²) in [4.78, 5) is 23.4. The Balaban J connectivity index is 2.34. The van der Waals surface area contributed by atoms with Crippen molar-refractivity contribution in [3.05, 3.63) is 34.3 Å².